The second-order valence-corrected chi connectivity index (χ2v) is 7.86. The van der Waals surface area contributed by atoms with Gasteiger partial charge in [-0.1, -0.05) is 19.3 Å². The fourth-order valence-electron chi connectivity index (χ4n) is 3.26. The van der Waals surface area contributed by atoms with Gasteiger partial charge in [0.15, 0.2) is 0 Å². The molecule has 0 bridgehead atoms. The van der Waals surface area contributed by atoms with Crippen LogP contribution < -0.4 is 5.32 Å². The van der Waals surface area contributed by atoms with E-state index < -0.39 is 5.97 Å². The van der Waals surface area contributed by atoms with Crippen molar-refractivity contribution >= 4 is 29.6 Å². The quantitative estimate of drug-likeness (QED) is 0.521. The van der Waals surface area contributed by atoms with Gasteiger partial charge in [0.25, 0.3) is 0 Å². The minimum Gasteiger partial charge on any atom is -0.481 e. The average Bonchev–Trinajstić information content (AvgIpc) is 3.06. The summed E-state index contributed by atoms with van der Waals surface area (Å²) in [7, 11) is 0. The lowest BCUT2D eigenvalue weighted by atomic mass is 10.0. The third-order valence-electron chi connectivity index (χ3n) is 4.59. The predicted octanol–water partition coefficient (Wildman–Crippen LogP) is 3.13. The fraction of sp³-hybridized carbons (Fsp3) is 0.824. The number of nitrogens with one attached hydrogen (secondary N) is 1. The largest absolute Gasteiger partial charge is 0.481 e. The van der Waals surface area contributed by atoms with Crippen LogP contribution in [0, 0.1) is 0 Å². The van der Waals surface area contributed by atoms with Crippen LogP contribution in [0.4, 0.5) is 4.79 Å². The number of amides is 1. The number of alkyl carbamates (subject to hydrolysis) is 1. The van der Waals surface area contributed by atoms with Crippen LogP contribution >= 0.6 is 11.8 Å². The molecule has 0 saturated carbocycles. The molecule has 0 spiro atoms. The number of hydrogen-bond donors (Lipinski definition) is 2. The van der Waals surface area contributed by atoms with E-state index in [4.69, 9.17) is 9.84 Å². The average molecular weight is 357 g/mol. The molecule has 0 aliphatic carbocycles. The number of carbonyl (C=O) groups is 3. The summed E-state index contributed by atoms with van der Waals surface area (Å²) >= 11 is 1.85. The number of aliphatic carboxylic acids is 1. The summed E-state index contributed by atoms with van der Waals surface area (Å²) in [5.74, 6) is 0.474. The standard InChI is InChI=1S/C17H27NO5S/c19-12(7-3-1-2-4-10-15(20)21)8-5-6-9-14-16-13(11-24-14)18-17(22)23-16/h13-14,16H,1-11H2,(H,18,22)(H,20,21)/t13-,14-,16-/m0/s1. The van der Waals surface area contributed by atoms with Crippen LogP contribution in [0.5, 0.6) is 0 Å². The van der Waals surface area contributed by atoms with Crippen molar-refractivity contribution < 1.29 is 24.2 Å². The SMILES string of the molecule is O=C(O)CCCCCCC(=O)CCCC[C@@H]1SC[C@@H]2NC(=O)O[C@@H]21. The lowest BCUT2D eigenvalue weighted by Crippen LogP contribution is -2.32. The van der Waals surface area contributed by atoms with Gasteiger partial charge in [-0.25, -0.2) is 4.79 Å². The van der Waals surface area contributed by atoms with Gasteiger partial charge in [-0.05, 0) is 25.7 Å². The molecule has 2 saturated heterocycles. The summed E-state index contributed by atoms with van der Waals surface area (Å²) in [4.78, 5) is 33.4. The van der Waals surface area contributed by atoms with E-state index in [-0.39, 0.29) is 24.7 Å². The Hall–Kier alpha value is -1.24. The van der Waals surface area contributed by atoms with Gasteiger partial charge in [0.1, 0.15) is 11.9 Å². The Bertz CT molecular complexity index is 456. The van der Waals surface area contributed by atoms with Gasteiger partial charge in [0.2, 0.25) is 0 Å². The highest BCUT2D eigenvalue weighted by atomic mass is 32.2. The van der Waals surface area contributed by atoms with Crippen LogP contribution in [0.15, 0.2) is 0 Å². The van der Waals surface area contributed by atoms with Crippen molar-refractivity contribution in [3.63, 3.8) is 0 Å². The number of carboxylic acid groups (broad SMARTS) is 1. The van der Waals surface area contributed by atoms with E-state index in [0.29, 0.717) is 30.3 Å². The zero-order chi connectivity index (χ0) is 17.4. The molecule has 2 rings (SSSR count). The van der Waals surface area contributed by atoms with Crippen molar-refractivity contribution in [3.8, 4) is 0 Å². The monoisotopic (exact) mass is 357 g/mol. The number of Topliss-reactive ketones (excluding diaryl/α,β-unsaturated/α-hetero) is 1. The Labute approximate surface area is 147 Å². The lowest BCUT2D eigenvalue weighted by Gasteiger charge is -2.15. The number of unbranched alkanes of at least 4 members (excludes halogenated alkanes) is 4. The second kappa shape index (κ2) is 9.91. The highest BCUT2D eigenvalue weighted by molar-refractivity contribution is 8.00. The van der Waals surface area contributed by atoms with Crippen LogP contribution in [0.3, 0.4) is 0 Å². The molecule has 0 aromatic carbocycles. The Morgan fingerprint density at radius 3 is 2.46 bits per heavy atom. The normalized spacial score (nSPS) is 25.2. The smallest absolute Gasteiger partial charge is 0.407 e. The minimum atomic E-state index is -0.749. The molecule has 2 aliphatic heterocycles. The molecular weight excluding hydrogens is 330 g/mol. The predicted molar refractivity (Wildman–Crippen MR) is 92.3 cm³/mol. The number of carbonyl (C=O) groups excluding carboxylic acids is 2. The fourth-order valence-corrected chi connectivity index (χ4v) is 4.75. The van der Waals surface area contributed by atoms with Gasteiger partial charge in [-0.15, -0.1) is 0 Å². The van der Waals surface area contributed by atoms with Gasteiger partial charge in [0.05, 0.1) is 6.04 Å². The molecule has 136 valence electrons. The zero-order valence-corrected chi connectivity index (χ0v) is 14.8. The summed E-state index contributed by atoms with van der Waals surface area (Å²) < 4.78 is 5.30. The van der Waals surface area contributed by atoms with E-state index in [9.17, 15) is 14.4 Å². The van der Waals surface area contributed by atoms with E-state index in [1.54, 1.807) is 0 Å². The van der Waals surface area contributed by atoms with Crippen LogP contribution in [0.25, 0.3) is 0 Å². The van der Waals surface area contributed by atoms with Crippen LogP contribution in [-0.2, 0) is 14.3 Å². The van der Waals surface area contributed by atoms with Crippen LogP contribution in [0.2, 0.25) is 0 Å². The molecule has 0 aromatic rings. The summed E-state index contributed by atoms with van der Waals surface area (Å²) in [5, 5.41) is 11.7. The molecule has 0 unspecified atom stereocenters. The Morgan fingerprint density at radius 2 is 1.75 bits per heavy atom. The summed E-state index contributed by atoms with van der Waals surface area (Å²) in [6.45, 7) is 0. The maximum atomic E-state index is 11.8. The third-order valence-corrected chi connectivity index (χ3v) is 6.07. The molecule has 1 amide bonds. The van der Waals surface area contributed by atoms with E-state index in [0.717, 1.165) is 44.3 Å². The third kappa shape index (κ3) is 6.34. The Balaban J connectivity index is 1.45. The Kier molecular flexibility index (Phi) is 7.88. The molecule has 0 aromatic heterocycles. The minimum absolute atomic E-state index is 0.00371. The van der Waals surface area contributed by atoms with Crippen LogP contribution in [-0.4, -0.2) is 46.1 Å². The first-order chi connectivity index (χ1) is 11.6. The zero-order valence-electron chi connectivity index (χ0n) is 14.0. The van der Waals surface area contributed by atoms with Crippen molar-refractivity contribution in [2.75, 3.05) is 5.75 Å². The van der Waals surface area contributed by atoms with Crippen molar-refractivity contribution in [3.05, 3.63) is 0 Å². The number of ether oxygens (including phenoxy) is 1. The molecule has 0 radical (unpaired) electrons. The first kappa shape index (κ1) is 19.1. The topological polar surface area (TPSA) is 92.7 Å². The van der Waals surface area contributed by atoms with E-state index in [1.165, 1.54) is 0 Å². The molecule has 6 nitrogen and oxygen atoms in total. The molecule has 24 heavy (non-hydrogen) atoms. The number of ketones is 1. The summed E-state index contributed by atoms with van der Waals surface area (Å²) in [5.41, 5.74) is 0. The number of fused-ring (bicyclic) bond motifs is 1. The van der Waals surface area contributed by atoms with Gasteiger partial charge in [0, 0.05) is 30.3 Å². The highest BCUT2D eigenvalue weighted by Crippen LogP contribution is 2.35. The van der Waals surface area contributed by atoms with Gasteiger partial charge < -0.3 is 15.2 Å². The van der Waals surface area contributed by atoms with Gasteiger partial charge in [-0.3, -0.25) is 9.59 Å². The molecule has 2 heterocycles. The molecule has 2 aliphatic rings. The van der Waals surface area contributed by atoms with Gasteiger partial charge in [-0.2, -0.15) is 11.8 Å². The maximum absolute atomic E-state index is 11.8. The second-order valence-electron chi connectivity index (χ2n) is 6.58. The molecule has 2 N–H and O–H groups in total. The van der Waals surface area contributed by atoms with E-state index >= 15 is 0 Å². The van der Waals surface area contributed by atoms with Crippen LogP contribution in [0.1, 0.15) is 64.2 Å². The molecule has 2 fully saturated rings. The number of hydrogen-bond acceptors (Lipinski definition) is 5. The number of thioether (sulfide) groups is 1. The van der Waals surface area contributed by atoms with E-state index in [2.05, 4.69) is 5.32 Å². The molecular formula is C17H27NO5S. The van der Waals surface area contributed by atoms with Crippen molar-refractivity contribution in [2.45, 2.75) is 81.6 Å². The van der Waals surface area contributed by atoms with Crippen molar-refractivity contribution in [2.24, 2.45) is 0 Å². The number of rotatable bonds is 12. The summed E-state index contributed by atoms with van der Waals surface area (Å²) in [6.07, 6.45) is 7.41. The van der Waals surface area contributed by atoms with Crippen molar-refractivity contribution in [1.82, 2.24) is 5.32 Å². The van der Waals surface area contributed by atoms with Crippen molar-refractivity contribution in [1.29, 1.82) is 0 Å². The first-order valence-corrected chi connectivity index (χ1v) is 9.93. The highest BCUT2D eigenvalue weighted by Gasteiger charge is 2.44. The molecule has 3 atom stereocenters. The Morgan fingerprint density at radius 1 is 1.08 bits per heavy atom. The maximum Gasteiger partial charge on any atom is 0.407 e. The molecule has 7 heteroatoms. The lowest BCUT2D eigenvalue weighted by molar-refractivity contribution is -0.137. The van der Waals surface area contributed by atoms with E-state index in [1.807, 2.05) is 11.8 Å². The van der Waals surface area contributed by atoms with Gasteiger partial charge >= 0.3 is 12.1 Å². The number of carboxylic acids is 1. The first-order valence-electron chi connectivity index (χ1n) is 8.88. The summed E-state index contributed by atoms with van der Waals surface area (Å²) in [6, 6.07) is 0.162.